The molecule has 0 spiro atoms. The molecule has 1 fully saturated rings. The normalized spacial score (nSPS) is 16.0. The number of hydroxylamine groups is 1. The number of azo groups is 1. The van der Waals surface area contributed by atoms with Gasteiger partial charge in [0.2, 0.25) is 5.91 Å². The number of hydrogen-bond acceptors (Lipinski definition) is 5. The highest BCUT2D eigenvalue weighted by Gasteiger charge is 2.34. The van der Waals surface area contributed by atoms with Gasteiger partial charge in [0.15, 0.2) is 0 Å². The van der Waals surface area contributed by atoms with Crippen molar-refractivity contribution < 1.29 is 10.0 Å². The van der Waals surface area contributed by atoms with Gasteiger partial charge in [0.1, 0.15) is 0 Å². The molecule has 1 saturated carbocycles. The second-order valence-electron chi connectivity index (χ2n) is 5.43. The molecule has 0 radical (unpaired) electrons. The Labute approximate surface area is 125 Å². The first-order valence-corrected chi connectivity index (χ1v) is 7.16. The van der Waals surface area contributed by atoms with Crippen LogP contribution in [0.4, 0.5) is 11.4 Å². The predicted octanol–water partition coefficient (Wildman–Crippen LogP) is 2.73. The highest BCUT2D eigenvalue weighted by atomic mass is 16.5. The summed E-state index contributed by atoms with van der Waals surface area (Å²) >= 11 is 0. The smallest absolute Gasteiger partial charge is 0.230 e. The van der Waals surface area contributed by atoms with E-state index in [9.17, 15) is 10.0 Å². The quantitative estimate of drug-likeness (QED) is 0.647. The van der Waals surface area contributed by atoms with Gasteiger partial charge in [-0.2, -0.15) is 10.2 Å². The topological polar surface area (TPSA) is 68.5 Å². The molecule has 2 rings (SSSR count). The van der Waals surface area contributed by atoms with Crippen molar-refractivity contribution in [3.05, 3.63) is 24.3 Å². The molecule has 1 aromatic carbocycles. The summed E-state index contributed by atoms with van der Waals surface area (Å²) in [5.41, 5.74) is 1.51. The molecule has 0 saturated heterocycles. The maximum Gasteiger partial charge on any atom is 0.230 e. The summed E-state index contributed by atoms with van der Waals surface area (Å²) in [6, 6.07) is 7.22. The van der Waals surface area contributed by atoms with Crippen LogP contribution in [0, 0.1) is 5.92 Å². The van der Waals surface area contributed by atoms with Crippen molar-refractivity contribution in [3.8, 4) is 0 Å². The fourth-order valence-corrected chi connectivity index (χ4v) is 2.22. The SMILES string of the molecule is CN=NC(C)CN(C(=O)C1CC1)c1ccc(N(C)O)cc1. The van der Waals surface area contributed by atoms with E-state index in [2.05, 4.69) is 10.2 Å². The van der Waals surface area contributed by atoms with Crippen molar-refractivity contribution >= 4 is 17.3 Å². The average molecular weight is 290 g/mol. The highest BCUT2D eigenvalue weighted by molar-refractivity contribution is 5.96. The van der Waals surface area contributed by atoms with Gasteiger partial charge in [0.05, 0.1) is 11.7 Å². The molecule has 0 bridgehead atoms. The lowest BCUT2D eigenvalue weighted by molar-refractivity contribution is -0.119. The number of carbonyl (C=O) groups is 1. The summed E-state index contributed by atoms with van der Waals surface area (Å²) in [6.45, 7) is 2.46. The van der Waals surface area contributed by atoms with Crippen molar-refractivity contribution in [2.24, 2.45) is 16.1 Å². The molecule has 0 heterocycles. The number of hydrogen-bond donors (Lipinski definition) is 1. The Kier molecular flexibility index (Phi) is 4.90. The van der Waals surface area contributed by atoms with Crippen LogP contribution in [-0.4, -0.2) is 37.8 Å². The Morgan fingerprint density at radius 1 is 1.33 bits per heavy atom. The van der Waals surface area contributed by atoms with Crippen LogP contribution in [0.3, 0.4) is 0 Å². The zero-order chi connectivity index (χ0) is 15.4. The number of anilines is 2. The van der Waals surface area contributed by atoms with E-state index in [1.165, 1.54) is 0 Å². The number of carbonyl (C=O) groups excluding carboxylic acids is 1. The van der Waals surface area contributed by atoms with Gasteiger partial charge in [0.25, 0.3) is 0 Å². The molecule has 6 nitrogen and oxygen atoms in total. The van der Waals surface area contributed by atoms with E-state index in [-0.39, 0.29) is 17.9 Å². The first-order valence-electron chi connectivity index (χ1n) is 7.16. The summed E-state index contributed by atoms with van der Waals surface area (Å²) in [7, 11) is 3.20. The molecule has 0 aromatic heterocycles. The van der Waals surface area contributed by atoms with Crippen LogP contribution in [0.2, 0.25) is 0 Å². The van der Waals surface area contributed by atoms with Crippen LogP contribution in [0.5, 0.6) is 0 Å². The van der Waals surface area contributed by atoms with E-state index in [0.29, 0.717) is 12.2 Å². The van der Waals surface area contributed by atoms with Gasteiger partial charge >= 0.3 is 0 Å². The molecule has 1 unspecified atom stereocenters. The molecule has 1 aromatic rings. The van der Waals surface area contributed by atoms with Gasteiger partial charge in [-0.3, -0.25) is 15.1 Å². The van der Waals surface area contributed by atoms with E-state index >= 15 is 0 Å². The van der Waals surface area contributed by atoms with Gasteiger partial charge in [-0.25, -0.2) is 0 Å². The van der Waals surface area contributed by atoms with Crippen molar-refractivity contribution in [3.63, 3.8) is 0 Å². The summed E-state index contributed by atoms with van der Waals surface area (Å²) in [5, 5.41) is 18.3. The van der Waals surface area contributed by atoms with Crippen molar-refractivity contribution in [2.75, 3.05) is 30.6 Å². The Hall–Kier alpha value is -1.95. The summed E-state index contributed by atoms with van der Waals surface area (Å²) in [5.74, 6) is 0.300. The third kappa shape index (κ3) is 4.01. The summed E-state index contributed by atoms with van der Waals surface area (Å²) < 4.78 is 0. The van der Waals surface area contributed by atoms with Crippen molar-refractivity contribution in [1.82, 2.24) is 0 Å². The van der Waals surface area contributed by atoms with Gasteiger partial charge in [0, 0.05) is 32.2 Å². The largest absolute Gasteiger partial charge is 0.310 e. The first kappa shape index (κ1) is 15.4. The van der Waals surface area contributed by atoms with Crippen LogP contribution in [0.25, 0.3) is 0 Å². The second-order valence-corrected chi connectivity index (χ2v) is 5.43. The van der Waals surface area contributed by atoms with Gasteiger partial charge in [-0.1, -0.05) is 0 Å². The van der Waals surface area contributed by atoms with Gasteiger partial charge < -0.3 is 4.90 Å². The number of rotatable bonds is 6. The van der Waals surface area contributed by atoms with E-state index < -0.39 is 0 Å². The lowest BCUT2D eigenvalue weighted by Gasteiger charge is -2.25. The van der Waals surface area contributed by atoms with Crippen LogP contribution >= 0.6 is 0 Å². The second kappa shape index (κ2) is 6.67. The fourth-order valence-electron chi connectivity index (χ4n) is 2.22. The average Bonchev–Trinajstić information content (AvgIpc) is 3.29. The molecule has 1 atom stereocenters. The fraction of sp³-hybridized carbons (Fsp3) is 0.533. The highest BCUT2D eigenvalue weighted by Crippen LogP contribution is 2.33. The molecule has 6 heteroatoms. The number of benzene rings is 1. The van der Waals surface area contributed by atoms with E-state index in [4.69, 9.17) is 0 Å². The molecule has 1 aliphatic carbocycles. The van der Waals surface area contributed by atoms with Crippen molar-refractivity contribution in [2.45, 2.75) is 25.8 Å². The predicted molar refractivity (Wildman–Crippen MR) is 82.0 cm³/mol. The molecular weight excluding hydrogens is 268 g/mol. The lowest BCUT2D eigenvalue weighted by Crippen LogP contribution is -2.37. The lowest BCUT2D eigenvalue weighted by atomic mass is 10.2. The van der Waals surface area contributed by atoms with Crippen LogP contribution in [-0.2, 0) is 4.79 Å². The van der Waals surface area contributed by atoms with E-state index in [1.807, 2.05) is 19.1 Å². The van der Waals surface area contributed by atoms with Crippen LogP contribution < -0.4 is 9.96 Å². The third-order valence-electron chi connectivity index (χ3n) is 3.49. The minimum absolute atomic E-state index is 0.0436. The molecule has 1 aliphatic rings. The maximum atomic E-state index is 12.5. The Morgan fingerprint density at radius 2 is 1.90 bits per heavy atom. The Morgan fingerprint density at radius 3 is 2.38 bits per heavy atom. The van der Waals surface area contributed by atoms with Crippen LogP contribution in [0.1, 0.15) is 19.8 Å². The molecule has 0 aliphatic heterocycles. The zero-order valence-corrected chi connectivity index (χ0v) is 12.7. The Bertz CT molecular complexity index is 509. The summed E-state index contributed by atoms with van der Waals surface area (Å²) in [6.07, 6.45) is 1.94. The Balaban J connectivity index is 2.19. The van der Waals surface area contributed by atoms with Gasteiger partial charge in [-0.05, 0) is 44.0 Å². The van der Waals surface area contributed by atoms with Crippen LogP contribution in [0.15, 0.2) is 34.5 Å². The molecule has 1 N–H and O–H groups in total. The zero-order valence-electron chi connectivity index (χ0n) is 12.7. The number of nitrogens with zero attached hydrogens (tertiary/aromatic N) is 4. The maximum absolute atomic E-state index is 12.5. The monoisotopic (exact) mass is 290 g/mol. The first-order chi connectivity index (χ1) is 10.0. The third-order valence-corrected chi connectivity index (χ3v) is 3.49. The molecule has 1 amide bonds. The standard InChI is InChI=1S/C15H22N4O2/c1-11(17-16-2)10-19(15(20)12-4-5-12)14-8-6-13(7-9-14)18(3)21/h6-9,11-12,21H,4-5,10H2,1-3H3. The molecular formula is C15H22N4O2. The van der Waals surface area contributed by atoms with Crippen molar-refractivity contribution in [1.29, 1.82) is 0 Å². The molecule has 21 heavy (non-hydrogen) atoms. The molecule has 114 valence electrons. The summed E-state index contributed by atoms with van der Waals surface area (Å²) in [4.78, 5) is 14.2. The minimum Gasteiger partial charge on any atom is -0.310 e. The minimum atomic E-state index is -0.0436. The van der Waals surface area contributed by atoms with E-state index in [0.717, 1.165) is 23.6 Å². The van der Waals surface area contributed by atoms with E-state index in [1.54, 1.807) is 31.1 Å². The number of amides is 1. The van der Waals surface area contributed by atoms with Gasteiger partial charge in [-0.15, -0.1) is 0 Å².